The standard InChI is InChI=1S/C23H24F3N3O3/c1-5-31-17-7-8-18(19(10-17)32-23(24,25)26)15-6-9-20(29-11-15)22(30,21(2,3)4)16-12-27-14-28-13-16/h6-14,30H,5H2,1-4H3. The fourth-order valence-corrected chi connectivity index (χ4v) is 3.42. The fourth-order valence-electron chi connectivity index (χ4n) is 3.42. The van der Waals surface area contributed by atoms with E-state index in [2.05, 4.69) is 19.7 Å². The maximum Gasteiger partial charge on any atom is 0.573 e. The van der Waals surface area contributed by atoms with E-state index in [9.17, 15) is 18.3 Å². The average molecular weight is 447 g/mol. The number of halogens is 3. The van der Waals surface area contributed by atoms with E-state index in [0.29, 0.717) is 23.4 Å². The van der Waals surface area contributed by atoms with Gasteiger partial charge in [-0.25, -0.2) is 9.97 Å². The van der Waals surface area contributed by atoms with Gasteiger partial charge in [-0.05, 0) is 25.1 Å². The molecule has 0 aliphatic rings. The highest BCUT2D eigenvalue weighted by Crippen LogP contribution is 2.44. The topological polar surface area (TPSA) is 77.4 Å². The van der Waals surface area contributed by atoms with Gasteiger partial charge in [0.2, 0.25) is 0 Å². The Balaban J connectivity index is 2.06. The highest BCUT2D eigenvalue weighted by Gasteiger charge is 2.45. The van der Waals surface area contributed by atoms with Crippen LogP contribution in [0.1, 0.15) is 39.0 Å². The molecule has 1 N–H and O–H groups in total. The molecule has 0 amide bonds. The third-order valence-electron chi connectivity index (χ3n) is 5.00. The van der Waals surface area contributed by atoms with Crippen molar-refractivity contribution in [3.8, 4) is 22.6 Å². The summed E-state index contributed by atoms with van der Waals surface area (Å²) in [5, 5.41) is 11.6. The Morgan fingerprint density at radius 1 is 0.969 bits per heavy atom. The maximum absolute atomic E-state index is 13.0. The summed E-state index contributed by atoms with van der Waals surface area (Å²) in [5.41, 5.74) is -0.876. The predicted molar refractivity (Wildman–Crippen MR) is 112 cm³/mol. The van der Waals surface area contributed by atoms with E-state index in [1.807, 2.05) is 20.8 Å². The molecule has 0 saturated heterocycles. The first-order valence-corrected chi connectivity index (χ1v) is 9.93. The van der Waals surface area contributed by atoms with Gasteiger partial charge >= 0.3 is 6.36 Å². The quantitative estimate of drug-likeness (QED) is 0.565. The van der Waals surface area contributed by atoms with Gasteiger partial charge in [0.1, 0.15) is 23.4 Å². The summed E-state index contributed by atoms with van der Waals surface area (Å²) in [6.45, 7) is 7.57. The smallest absolute Gasteiger partial charge is 0.494 e. The molecule has 3 rings (SSSR count). The molecule has 1 unspecified atom stereocenters. The number of aliphatic hydroxyl groups is 1. The molecule has 170 valence electrons. The second-order valence-electron chi connectivity index (χ2n) is 8.16. The van der Waals surface area contributed by atoms with E-state index < -0.39 is 23.1 Å². The number of hydrogen-bond acceptors (Lipinski definition) is 6. The summed E-state index contributed by atoms with van der Waals surface area (Å²) in [4.78, 5) is 12.4. The van der Waals surface area contributed by atoms with Crippen molar-refractivity contribution in [1.29, 1.82) is 0 Å². The average Bonchev–Trinajstić information content (AvgIpc) is 2.72. The molecule has 0 spiro atoms. The molecule has 9 heteroatoms. The molecular weight excluding hydrogens is 423 g/mol. The first-order valence-electron chi connectivity index (χ1n) is 9.93. The van der Waals surface area contributed by atoms with Crippen molar-refractivity contribution in [1.82, 2.24) is 15.0 Å². The van der Waals surface area contributed by atoms with E-state index >= 15 is 0 Å². The number of ether oxygens (including phenoxy) is 2. The normalized spacial score (nSPS) is 14.0. The number of pyridine rings is 1. The van der Waals surface area contributed by atoms with Crippen molar-refractivity contribution >= 4 is 0 Å². The molecule has 32 heavy (non-hydrogen) atoms. The van der Waals surface area contributed by atoms with E-state index in [0.717, 1.165) is 0 Å². The number of benzene rings is 1. The van der Waals surface area contributed by atoms with Gasteiger partial charge < -0.3 is 14.6 Å². The minimum absolute atomic E-state index is 0.187. The molecule has 0 bridgehead atoms. The lowest BCUT2D eigenvalue weighted by Gasteiger charge is -2.39. The van der Waals surface area contributed by atoms with Crippen molar-refractivity contribution in [3.63, 3.8) is 0 Å². The fraction of sp³-hybridized carbons (Fsp3) is 0.348. The summed E-state index contributed by atoms with van der Waals surface area (Å²) in [6.07, 6.45) is 0.907. The van der Waals surface area contributed by atoms with Gasteiger partial charge in [0.15, 0.2) is 0 Å². The zero-order chi connectivity index (χ0) is 23.6. The first-order chi connectivity index (χ1) is 15.0. The second kappa shape index (κ2) is 8.74. The molecular formula is C23H24F3N3O3. The number of aromatic nitrogens is 3. The van der Waals surface area contributed by atoms with Crippen LogP contribution < -0.4 is 9.47 Å². The monoisotopic (exact) mass is 447 g/mol. The molecule has 0 aliphatic heterocycles. The third kappa shape index (κ3) is 4.83. The van der Waals surface area contributed by atoms with Crippen molar-refractivity contribution in [2.75, 3.05) is 6.61 Å². The summed E-state index contributed by atoms with van der Waals surface area (Å²) < 4.78 is 48.4. The van der Waals surface area contributed by atoms with Crippen LogP contribution in [0.15, 0.2) is 55.2 Å². The lowest BCUT2D eigenvalue weighted by atomic mass is 9.70. The van der Waals surface area contributed by atoms with Gasteiger partial charge in [-0.15, -0.1) is 13.2 Å². The van der Waals surface area contributed by atoms with Gasteiger partial charge in [0.25, 0.3) is 0 Å². The lowest BCUT2D eigenvalue weighted by molar-refractivity contribution is -0.274. The summed E-state index contributed by atoms with van der Waals surface area (Å²) in [6, 6.07) is 7.38. The minimum Gasteiger partial charge on any atom is -0.494 e. The molecule has 0 fully saturated rings. The highest BCUT2D eigenvalue weighted by atomic mass is 19.4. The number of nitrogens with zero attached hydrogens (tertiary/aromatic N) is 3. The zero-order valence-corrected chi connectivity index (χ0v) is 18.1. The van der Waals surface area contributed by atoms with Gasteiger partial charge in [0, 0.05) is 46.8 Å². The lowest BCUT2D eigenvalue weighted by Crippen LogP contribution is -2.42. The Hall–Kier alpha value is -3.20. The zero-order valence-electron chi connectivity index (χ0n) is 18.1. The second-order valence-corrected chi connectivity index (χ2v) is 8.16. The van der Waals surface area contributed by atoms with Crippen LogP contribution in [-0.4, -0.2) is 33.0 Å². The van der Waals surface area contributed by atoms with Gasteiger partial charge in [0.05, 0.1) is 12.3 Å². The minimum atomic E-state index is -4.87. The molecule has 2 heterocycles. The Kier molecular flexibility index (Phi) is 6.41. The van der Waals surface area contributed by atoms with Crippen LogP contribution in [0.25, 0.3) is 11.1 Å². The Labute approximate surface area is 184 Å². The van der Waals surface area contributed by atoms with E-state index in [1.54, 1.807) is 25.1 Å². The first kappa shape index (κ1) is 23.5. The molecule has 0 aliphatic carbocycles. The molecule has 6 nitrogen and oxygen atoms in total. The Morgan fingerprint density at radius 3 is 2.19 bits per heavy atom. The summed E-state index contributed by atoms with van der Waals surface area (Å²) in [5.74, 6) is -0.146. The molecule has 0 radical (unpaired) electrons. The van der Waals surface area contributed by atoms with Crippen molar-refractivity contribution < 1.29 is 27.8 Å². The summed E-state index contributed by atoms with van der Waals surface area (Å²) >= 11 is 0. The Morgan fingerprint density at radius 2 is 1.66 bits per heavy atom. The highest BCUT2D eigenvalue weighted by molar-refractivity contribution is 5.71. The van der Waals surface area contributed by atoms with Crippen LogP contribution in [0.5, 0.6) is 11.5 Å². The van der Waals surface area contributed by atoms with Crippen molar-refractivity contribution in [2.45, 2.75) is 39.7 Å². The van der Waals surface area contributed by atoms with Crippen molar-refractivity contribution in [2.24, 2.45) is 5.41 Å². The van der Waals surface area contributed by atoms with Gasteiger partial charge in [-0.3, -0.25) is 4.98 Å². The van der Waals surface area contributed by atoms with E-state index in [4.69, 9.17) is 4.74 Å². The van der Waals surface area contributed by atoms with Crippen LogP contribution in [0.4, 0.5) is 13.2 Å². The van der Waals surface area contributed by atoms with Crippen LogP contribution in [0.3, 0.4) is 0 Å². The van der Waals surface area contributed by atoms with Crippen molar-refractivity contribution in [3.05, 3.63) is 66.5 Å². The molecule has 0 saturated carbocycles. The number of alkyl halides is 3. The molecule has 3 aromatic rings. The summed E-state index contributed by atoms with van der Waals surface area (Å²) in [7, 11) is 0. The number of rotatable bonds is 6. The molecule has 1 atom stereocenters. The van der Waals surface area contributed by atoms with Crippen LogP contribution >= 0.6 is 0 Å². The van der Waals surface area contributed by atoms with Crippen LogP contribution in [0, 0.1) is 5.41 Å². The van der Waals surface area contributed by atoms with Gasteiger partial charge in [-0.2, -0.15) is 0 Å². The molecule has 1 aromatic carbocycles. The predicted octanol–water partition coefficient (Wildman–Crippen LogP) is 5.12. The van der Waals surface area contributed by atoms with Crippen LogP contribution in [-0.2, 0) is 5.60 Å². The largest absolute Gasteiger partial charge is 0.573 e. The van der Waals surface area contributed by atoms with E-state index in [-0.39, 0.29) is 11.3 Å². The maximum atomic E-state index is 13.0. The number of hydrogen-bond donors (Lipinski definition) is 1. The molecule has 2 aromatic heterocycles. The third-order valence-corrected chi connectivity index (χ3v) is 5.00. The Bertz CT molecular complexity index is 1050. The van der Waals surface area contributed by atoms with E-state index in [1.165, 1.54) is 37.1 Å². The SMILES string of the molecule is CCOc1ccc(-c2ccc(C(O)(c3cncnc3)C(C)(C)C)nc2)c(OC(F)(F)F)c1. The van der Waals surface area contributed by atoms with Crippen LogP contribution in [0.2, 0.25) is 0 Å². The van der Waals surface area contributed by atoms with Gasteiger partial charge in [-0.1, -0.05) is 26.8 Å².